The summed E-state index contributed by atoms with van der Waals surface area (Å²) in [5.74, 6) is 0.866. The van der Waals surface area contributed by atoms with Crippen molar-refractivity contribution < 1.29 is 23.1 Å². The quantitative estimate of drug-likeness (QED) is 0.269. The van der Waals surface area contributed by atoms with Crippen molar-refractivity contribution in [2.24, 2.45) is 5.92 Å². The summed E-state index contributed by atoms with van der Waals surface area (Å²) in [7, 11) is 0. The van der Waals surface area contributed by atoms with Gasteiger partial charge >= 0.3 is 5.97 Å². The molecular formula is C28H38FN2O3S+. The van der Waals surface area contributed by atoms with E-state index in [-0.39, 0.29) is 17.9 Å². The van der Waals surface area contributed by atoms with Crippen molar-refractivity contribution in [3.05, 3.63) is 52.5 Å². The van der Waals surface area contributed by atoms with Crippen LogP contribution in [0.2, 0.25) is 0 Å². The third-order valence-electron chi connectivity index (χ3n) is 8.55. The number of benzene rings is 1. The molecule has 4 fully saturated rings. The Hall–Kier alpha value is -1.96. The highest BCUT2D eigenvalue weighted by atomic mass is 32.1. The molecule has 1 aromatic carbocycles. The van der Waals surface area contributed by atoms with E-state index in [1.165, 1.54) is 18.6 Å². The van der Waals surface area contributed by atoms with Crippen LogP contribution in [-0.2, 0) is 15.1 Å². The average Bonchev–Trinajstić information content (AvgIpc) is 3.44. The number of thiophene rings is 1. The number of likely N-dealkylation sites (tertiary alicyclic amines) is 1. The van der Waals surface area contributed by atoms with Gasteiger partial charge in [-0.3, -0.25) is 4.90 Å². The largest absolute Gasteiger partial charge is 0.493 e. The maximum Gasteiger partial charge on any atom is 0.332 e. The van der Waals surface area contributed by atoms with Gasteiger partial charge in [0.25, 0.3) is 0 Å². The molecule has 0 spiro atoms. The van der Waals surface area contributed by atoms with Crippen molar-refractivity contribution in [3.63, 3.8) is 0 Å². The van der Waals surface area contributed by atoms with Crippen LogP contribution >= 0.6 is 11.3 Å². The zero-order valence-corrected chi connectivity index (χ0v) is 21.6. The first kappa shape index (κ1) is 24.7. The summed E-state index contributed by atoms with van der Waals surface area (Å²) in [6.45, 7) is 8.84. The van der Waals surface area contributed by atoms with Crippen molar-refractivity contribution >= 4 is 17.3 Å². The van der Waals surface area contributed by atoms with Gasteiger partial charge in [-0.2, -0.15) is 0 Å². The van der Waals surface area contributed by atoms with Crippen molar-refractivity contribution in [3.8, 4) is 5.75 Å². The van der Waals surface area contributed by atoms with E-state index in [4.69, 9.17) is 9.47 Å². The van der Waals surface area contributed by atoms with Gasteiger partial charge in [0.1, 0.15) is 18.1 Å². The van der Waals surface area contributed by atoms with Gasteiger partial charge < -0.3 is 14.0 Å². The maximum atomic E-state index is 13.8. The smallest absolute Gasteiger partial charge is 0.332 e. The molecule has 1 unspecified atom stereocenters. The van der Waals surface area contributed by atoms with Gasteiger partial charge in [-0.1, -0.05) is 12.5 Å². The number of ether oxygens (including phenoxy) is 2. The predicted molar refractivity (Wildman–Crippen MR) is 136 cm³/mol. The minimum absolute atomic E-state index is 0.00732. The molecule has 4 saturated heterocycles. The van der Waals surface area contributed by atoms with Gasteiger partial charge in [-0.15, -0.1) is 11.3 Å². The van der Waals surface area contributed by atoms with Crippen molar-refractivity contribution in [2.45, 2.75) is 57.1 Å². The first-order valence-electron chi connectivity index (χ1n) is 13.2. The Morgan fingerprint density at radius 1 is 1.14 bits per heavy atom. The lowest BCUT2D eigenvalue weighted by molar-refractivity contribution is -0.946. The molecule has 0 aliphatic carbocycles. The molecule has 190 valence electrons. The molecule has 6 rings (SSSR count). The van der Waals surface area contributed by atoms with Crippen molar-refractivity contribution in [1.82, 2.24) is 4.90 Å². The zero-order chi connectivity index (χ0) is 24.3. The standard InChI is InChI=1S/C28H38FN2O3S/c1-28(26-7-5-20-35-26,30-14-3-2-4-15-30)27(32)34-25-21-31(17-12-22(25)13-18-31)16-6-19-33-24-10-8-23(29)9-11-24/h5,7-11,20,22,25H,2-4,6,12-19,21H2,1H3/q+1/t22?,25-,28?,31?/m0/s1. The summed E-state index contributed by atoms with van der Waals surface area (Å²) < 4.78 is 26.4. The number of carbonyl (C=O) groups is 1. The molecule has 0 radical (unpaired) electrons. The van der Waals surface area contributed by atoms with E-state index in [2.05, 4.69) is 23.3 Å². The number of quaternary nitrogens is 1. The maximum absolute atomic E-state index is 13.8. The molecular weight excluding hydrogens is 463 g/mol. The summed E-state index contributed by atoms with van der Waals surface area (Å²) >= 11 is 1.66. The summed E-state index contributed by atoms with van der Waals surface area (Å²) in [6.07, 6.45) is 6.69. The van der Waals surface area contributed by atoms with Gasteiger partial charge in [0.15, 0.2) is 11.6 Å². The molecule has 5 heterocycles. The molecule has 4 aliphatic rings. The fraction of sp³-hybridized carbons (Fsp3) is 0.607. The summed E-state index contributed by atoms with van der Waals surface area (Å²) in [5, 5.41) is 2.06. The zero-order valence-electron chi connectivity index (χ0n) is 20.8. The van der Waals surface area contributed by atoms with Crippen LogP contribution < -0.4 is 4.74 Å². The Balaban J connectivity index is 1.21. The Bertz CT molecular complexity index is 969. The van der Waals surface area contributed by atoms with E-state index < -0.39 is 5.54 Å². The summed E-state index contributed by atoms with van der Waals surface area (Å²) in [5.41, 5.74) is -0.700. The first-order chi connectivity index (χ1) is 17.0. The average molecular weight is 502 g/mol. The number of piperidine rings is 4. The lowest BCUT2D eigenvalue weighted by Crippen LogP contribution is -2.65. The minimum Gasteiger partial charge on any atom is -0.493 e. The second-order valence-electron chi connectivity index (χ2n) is 10.7. The van der Waals surface area contributed by atoms with Crippen LogP contribution in [-0.4, -0.2) is 67.3 Å². The number of nitrogens with zero attached hydrogens (tertiary/aromatic N) is 2. The summed E-state index contributed by atoms with van der Waals surface area (Å²) in [4.78, 5) is 17.3. The molecule has 0 saturated carbocycles. The second kappa shape index (κ2) is 10.6. The number of esters is 1. The van der Waals surface area contributed by atoms with Gasteiger partial charge in [0, 0.05) is 30.1 Å². The van der Waals surface area contributed by atoms with Crippen LogP contribution in [0.25, 0.3) is 0 Å². The molecule has 1 aromatic heterocycles. The Morgan fingerprint density at radius 3 is 2.57 bits per heavy atom. The van der Waals surface area contributed by atoms with Crippen LogP contribution in [0, 0.1) is 11.7 Å². The Kier molecular flexibility index (Phi) is 7.47. The third-order valence-corrected chi connectivity index (χ3v) is 9.63. The van der Waals surface area contributed by atoms with Crippen molar-refractivity contribution in [2.75, 3.05) is 45.9 Å². The van der Waals surface area contributed by atoms with E-state index in [0.29, 0.717) is 18.3 Å². The second-order valence-corrected chi connectivity index (χ2v) is 11.7. The van der Waals surface area contributed by atoms with Gasteiger partial charge in [0.05, 0.1) is 26.2 Å². The lowest BCUT2D eigenvalue weighted by Gasteiger charge is -2.52. The molecule has 0 amide bonds. The number of rotatable bonds is 9. The van der Waals surface area contributed by atoms with E-state index in [9.17, 15) is 9.18 Å². The van der Waals surface area contributed by atoms with E-state index in [1.807, 2.05) is 6.07 Å². The lowest BCUT2D eigenvalue weighted by atomic mass is 9.82. The predicted octanol–water partition coefficient (Wildman–Crippen LogP) is 5.21. The highest BCUT2D eigenvalue weighted by molar-refractivity contribution is 7.10. The first-order valence-corrected chi connectivity index (χ1v) is 14.1. The van der Waals surface area contributed by atoms with Gasteiger partial charge in [-0.05, 0) is 68.6 Å². The van der Waals surface area contributed by atoms with Gasteiger partial charge in [0.2, 0.25) is 0 Å². The summed E-state index contributed by atoms with van der Waals surface area (Å²) in [6, 6.07) is 10.3. The number of hydrogen-bond donors (Lipinski definition) is 0. The Labute approximate surface area is 212 Å². The Morgan fingerprint density at radius 2 is 1.89 bits per heavy atom. The van der Waals surface area contributed by atoms with E-state index >= 15 is 0 Å². The normalized spacial score (nSPS) is 28.4. The van der Waals surface area contributed by atoms with Crippen LogP contribution in [0.5, 0.6) is 5.75 Å². The van der Waals surface area contributed by atoms with Crippen molar-refractivity contribution in [1.29, 1.82) is 0 Å². The molecule has 35 heavy (non-hydrogen) atoms. The van der Waals surface area contributed by atoms with Crippen LogP contribution in [0.1, 0.15) is 50.3 Å². The van der Waals surface area contributed by atoms with Crippen LogP contribution in [0.15, 0.2) is 41.8 Å². The fourth-order valence-corrected chi connectivity index (χ4v) is 7.23. The number of carbonyl (C=O) groups excluding carboxylic acids is 1. The molecule has 2 aromatic rings. The molecule has 0 N–H and O–H groups in total. The minimum atomic E-state index is -0.700. The van der Waals surface area contributed by atoms with Crippen LogP contribution in [0.4, 0.5) is 4.39 Å². The monoisotopic (exact) mass is 501 g/mol. The number of halogens is 1. The topological polar surface area (TPSA) is 38.8 Å². The SMILES string of the molecule is CC(C(=O)O[C@H]1C[N+]2(CCCOc3ccc(F)cc3)CCC1CC2)(c1cccs1)N1CCCCC1. The van der Waals surface area contributed by atoms with Gasteiger partial charge in [-0.25, -0.2) is 9.18 Å². The van der Waals surface area contributed by atoms with Crippen LogP contribution in [0.3, 0.4) is 0 Å². The molecule has 4 aliphatic heterocycles. The molecule has 2 bridgehead atoms. The fourth-order valence-electron chi connectivity index (χ4n) is 6.32. The van der Waals surface area contributed by atoms with E-state index in [1.54, 1.807) is 23.5 Å². The number of fused-ring (bicyclic) bond motifs is 3. The highest BCUT2D eigenvalue weighted by Crippen LogP contribution is 2.39. The molecule has 5 nitrogen and oxygen atoms in total. The number of hydrogen-bond acceptors (Lipinski definition) is 5. The third kappa shape index (κ3) is 5.27. The molecule has 7 heteroatoms. The highest BCUT2D eigenvalue weighted by Gasteiger charge is 2.50. The van der Waals surface area contributed by atoms with E-state index in [0.717, 1.165) is 80.7 Å². The molecule has 2 atom stereocenters.